The molecule has 0 radical (unpaired) electrons. The van der Waals surface area contributed by atoms with Crippen molar-refractivity contribution in [2.24, 2.45) is 4.99 Å². The summed E-state index contributed by atoms with van der Waals surface area (Å²) in [6.07, 6.45) is 1.59. The first-order valence-corrected chi connectivity index (χ1v) is 9.78. The number of aliphatic hydroxyl groups is 1. The van der Waals surface area contributed by atoms with Crippen molar-refractivity contribution in [3.05, 3.63) is 69.8 Å². The zero-order valence-corrected chi connectivity index (χ0v) is 17.1. The highest BCUT2D eigenvalue weighted by atomic mass is 32.2. The molecule has 2 N–H and O–H groups in total. The number of rotatable bonds is 5. The molecule has 1 aliphatic heterocycles. The van der Waals surface area contributed by atoms with Gasteiger partial charge in [-0.2, -0.15) is 0 Å². The minimum absolute atomic E-state index is 0.00720. The molecule has 0 aromatic heterocycles. The lowest BCUT2D eigenvalue weighted by Crippen LogP contribution is -2.12. The highest BCUT2D eigenvalue weighted by Crippen LogP contribution is 2.41. The molecule has 150 valence electrons. The summed E-state index contributed by atoms with van der Waals surface area (Å²) < 4.78 is 10.2. The number of thioether (sulfide) groups is 1. The number of aliphatic hydroxyl groups excluding tert-OH is 1. The Morgan fingerprint density at radius 2 is 1.97 bits per heavy atom. The lowest BCUT2D eigenvalue weighted by atomic mass is 10.1. The number of hydrogen-bond acceptors (Lipinski definition) is 7. The fraction of sp³-hybridized carbons (Fsp3) is 0.182. The van der Waals surface area contributed by atoms with Crippen LogP contribution >= 0.6 is 11.8 Å². The predicted molar refractivity (Wildman–Crippen MR) is 115 cm³/mol. The van der Waals surface area contributed by atoms with E-state index in [0.29, 0.717) is 26.9 Å². The number of aryl methyl sites for hydroxylation is 1. The van der Waals surface area contributed by atoms with Crippen molar-refractivity contribution in [1.82, 2.24) is 0 Å². The SMILES string of the molecule is CCOC(=O)C1=C(O)/C(=C\c2ccc(OC)cc2O)SC1=Nc1ccccc1C. The van der Waals surface area contributed by atoms with Gasteiger partial charge in [0.05, 0.1) is 24.3 Å². The van der Waals surface area contributed by atoms with Gasteiger partial charge < -0.3 is 19.7 Å². The summed E-state index contributed by atoms with van der Waals surface area (Å²) >= 11 is 1.14. The van der Waals surface area contributed by atoms with Crippen LogP contribution in [-0.4, -0.2) is 34.9 Å². The number of aromatic hydroxyl groups is 1. The average molecular weight is 411 g/mol. The normalized spacial score (nSPS) is 16.5. The number of carbonyl (C=O) groups is 1. The van der Waals surface area contributed by atoms with E-state index in [9.17, 15) is 15.0 Å². The third-order valence-corrected chi connectivity index (χ3v) is 5.25. The largest absolute Gasteiger partial charge is 0.507 e. The number of phenolic OH excluding ortho intramolecular Hbond substituents is 1. The number of aliphatic imine (C=N–C) groups is 1. The highest BCUT2D eigenvalue weighted by molar-refractivity contribution is 8.18. The smallest absolute Gasteiger partial charge is 0.344 e. The van der Waals surface area contributed by atoms with Gasteiger partial charge in [0, 0.05) is 11.6 Å². The summed E-state index contributed by atoms with van der Waals surface area (Å²) in [5.74, 6) is -0.368. The van der Waals surface area contributed by atoms with Gasteiger partial charge in [0.2, 0.25) is 0 Å². The molecule has 3 rings (SSSR count). The number of para-hydroxylation sites is 1. The van der Waals surface area contributed by atoms with Crippen molar-refractivity contribution in [2.75, 3.05) is 13.7 Å². The van der Waals surface area contributed by atoms with Crippen molar-refractivity contribution in [1.29, 1.82) is 0 Å². The molecule has 0 atom stereocenters. The lowest BCUT2D eigenvalue weighted by Gasteiger charge is -2.05. The second-order valence-electron chi connectivity index (χ2n) is 6.18. The molecule has 6 nitrogen and oxygen atoms in total. The standard InChI is InChI=1S/C22H21NO5S/c1-4-28-22(26)19-20(25)18(11-14-9-10-15(27-3)12-17(14)24)29-21(19)23-16-8-6-5-7-13(16)2/h5-12,24-25H,4H2,1-3H3/b18-11+,23-21?. The van der Waals surface area contributed by atoms with E-state index in [1.54, 1.807) is 25.1 Å². The molecule has 1 heterocycles. The molecule has 2 aromatic rings. The maximum atomic E-state index is 12.5. The molecule has 0 aliphatic carbocycles. The predicted octanol–water partition coefficient (Wildman–Crippen LogP) is 4.90. The van der Waals surface area contributed by atoms with Crippen LogP contribution in [0.2, 0.25) is 0 Å². The summed E-state index contributed by atoms with van der Waals surface area (Å²) in [6, 6.07) is 12.3. The van der Waals surface area contributed by atoms with Gasteiger partial charge in [-0.05, 0) is 43.7 Å². The van der Waals surface area contributed by atoms with E-state index in [1.807, 2.05) is 31.2 Å². The fourth-order valence-electron chi connectivity index (χ4n) is 2.70. The van der Waals surface area contributed by atoms with E-state index in [-0.39, 0.29) is 23.7 Å². The first kappa shape index (κ1) is 20.5. The molecule has 29 heavy (non-hydrogen) atoms. The first-order chi connectivity index (χ1) is 13.9. The van der Waals surface area contributed by atoms with Gasteiger partial charge in [0.25, 0.3) is 0 Å². The molecular formula is C22H21NO5S. The Bertz CT molecular complexity index is 1040. The van der Waals surface area contributed by atoms with E-state index >= 15 is 0 Å². The fourth-order valence-corrected chi connectivity index (χ4v) is 3.72. The first-order valence-electron chi connectivity index (χ1n) is 8.96. The number of methoxy groups -OCH3 is 1. The number of carbonyl (C=O) groups excluding carboxylic acids is 1. The number of benzene rings is 2. The summed E-state index contributed by atoms with van der Waals surface area (Å²) in [6.45, 7) is 3.79. The van der Waals surface area contributed by atoms with E-state index in [0.717, 1.165) is 17.3 Å². The molecule has 0 saturated heterocycles. The molecule has 0 fully saturated rings. The van der Waals surface area contributed by atoms with Crippen molar-refractivity contribution in [3.63, 3.8) is 0 Å². The molecular weight excluding hydrogens is 390 g/mol. The minimum atomic E-state index is -0.646. The van der Waals surface area contributed by atoms with E-state index in [4.69, 9.17) is 9.47 Å². The molecule has 2 aromatic carbocycles. The van der Waals surface area contributed by atoms with Crippen LogP contribution in [0.3, 0.4) is 0 Å². The Labute approximate surface area is 173 Å². The van der Waals surface area contributed by atoms with Crippen molar-refractivity contribution < 1.29 is 24.5 Å². The van der Waals surface area contributed by atoms with Crippen LogP contribution in [0.5, 0.6) is 11.5 Å². The topological polar surface area (TPSA) is 88.4 Å². The number of hydrogen-bond donors (Lipinski definition) is 2. The van der Waals surface area contributed by atoms with Crippen molar-refractivity contribution in [2.45, 2.75) is 13.8 Å². The minimum Gasteiger partial charge on any atom is -0.507 e. The maximum Gasteiger partial charge on any atom is 0.344 e. The van der Waals surface area contributed by atoms with Gasteiger partial charge >= 0.3 is 5.97 Å². The van der Waals surface area contributed by atoms with E-state index in [1.165, 1.54) is 13.2 Å². The summed E-state index contributed by atoms with van der Waals surface area (Å²) in [7, 11) is 1.51. The number of nitrogens with zero attached hydrogens (tertiary/aromatic N) is 1. The summed E-state index contributed by atoms with van der Waals surface area (Å²) in [5.41, 5.74) is 2.12. The van der Waals surface area contributed by atoms with Crippen LogP contribution in [0.15, 0.2) is 63.7 Å². The molecule has 0 bridgehead atoms. The lowest BCUT2D eigenvalue weighted by molar-refractivity contribution is -0.138. The van der Waals surface area contributed by atoms with Gasteiger partial charge in [-0.3, -0.25) is 0 Å². The second-order valence-corrected chi connectivity index (χ2v) is 7.21. The number of esters is 1. The Kier molecular flexibility index (Phi) is 6.29. The Morgan fingerprint density at radius 3 is 2.62 bits per heavy atom. The maximum absolute atomic E-state index is 12.5. The van der Waals surface area contributed by atoms with Crippen molar-refractivity contribution in [3.8, 4) is 11.5 Å². The molecule has 1 aliphatic rings. The zero-order valence-electron chi connectivity index (χ0n) is 16.3. The average Bonchev–Trinajstić information content (AvgIpc) is 3.00. The van der Waals surface area contributed by atoms with Crippen LogP contribution in [0, 0.1) is 6.92 Å². The molecule has 0 saturated carbocycles. The zero-order chi connectivity index (χ0) is 21.0. The Hall–Kier alpha value is -3.19. The summed E-state index contributed by atoms with van der Waals surface area (Å²) in [4.78, 5) is 17.4. The van der Waals surface area contributed by atoms with Crippen LogP contribution in [0.4, 0.5) is 5.69 Å². The highest BCUT2D eigenvalue weighted by Gasteiger charge is 2.33. The van der Waals surface area contributed by atoms with E-state index in [2.05, 4.69) is 4.99 Å². The van der Waals surface area contributed by atoms with Crippen LogP contribution in [0.1, 0.15) is 18.1 Å². The number of ether oxygens (including phenoxy) is 2. The number of phenols is 1. The second kappa shape index (κ2) is 8.87. The molecule has 0 unspecified atom stereocenters. The van der Waals surface area contributed by atoms with Gasteiger partial charge in [0.1, 0.15) is 27.9 Å². The van der Waals surface area contributed by atoms with Crippen molar-refractivity contribution >= 4 is 34.5 Å². The van der Waals surface area contributed by atoms with Gasteiger partial charge in [-0.1, -0.05) is 30.0 Å². The van der Waals surface area contributed by atoms with Crippen LogP contribution in [-0.2, 0) is 9.53 Å². The van der Waals surface area contributed by atoms with Gasteiger partial charge in [-0.15, -0.1) is 0 Å². The van der Waals surface area contributed by atoms with Gasteiger partial charge in [-0.25, -0.2) is 9.79 Å². The molecule has 7 heteroatoms. The monoisotopic (exact) mass is 411 g/mol. The third-order valence-electron chi connectivity index (χ3n) is 4.23. The summed E-state index contributed by atoms with van der Waals surface area (Å²) in [5, 5.41) is 21.3. The van der Waals surface area contributed by atoms with E-state index < -0.39 is 5.97 Å². The molecule has 0 amide bonds. The third kappa shape index (κ3) is 4.46. The molecule has 0 spiro atoms. The Morgan fingerprint density at radius 1 is 1.21 bits per heavy atom. The van der Waals surface area contributed by atoms with Crippen LogP contribution in [0.25, 0.3) is 6.08 Å². The van der Waals surface area contributed by atoms with Crippen LogP contribution < -0.4 is 4.74 Å². The Balaban J connectivity index is 2.07. The van der Waals surface area contributed by atoms with Gasteiger partial charge in [0.15, 0.2) is 0 Å². The quantitative estimate of drug-likeness (QED) is 0.680.